The summed E-state index contributed by atoms with van der Waals surface area (Å²) in [4.78, 5) is 35.0. The van der Waals surface area contributed by atoms with Gasteiger partial charge in [-0.05, 0) is 44.9 Å². The first-order chi connectivity index (χ1) is 28.8. The average molecular weight is 856 g/mol. The third-order valence-corrected chi connectivity index (χ3v) is 11.9. The van der Waals surface area contributed by atoms with Crippen molar-refractivity contribution in [3.05, 3.63) is 24.8 Å². The molecule has 0 radical (unpaired) electrons. The van der Waals surface area contributed by atoms with E-state index >= 15 is 0 Å². The minimum atomic E-state index is -4.38. The van der Waals surface area contributed by atoms with Gasteiger partial charge in [0.15, 0.2) is 6.10 Å². The van der Waals surface area contributed by atoms with Crippen LogP contribution in [0.15, 0.2) is 24.8 Å². The molecule has 348 valence electrons. The Bertz CT molecular complexity index is 1010. The number of carbonyl (C=O) groups excluding carboxylic acids is 2. The third-order valence-electron chi connectivity index (χ3n) is 11.0. The highest BCUT2D eigenvalue weighted by atomic mass is 31.2. The lowest BCUT2D eigenvalue weighted by atomic mass is 10.0. The van der Waals surface area contributed by atoms with E-state index in [2.05, 4.69) is 25.7 Å². The van der Waals surface area contributed by atoms with E-state index in [9.17, 15) is 19.0 Å². The predicted octanol–water partition coefficient (Wildman–Crippen LogP) is 14.7. The summed E-state index contributed by atoms with van der Waals surface area (Å²) in [7, 11) is -4.38. The van der Waals surface area contributed by atoms with Crippen molar-refractivity contribution < 1.29 is 37.6 Å². The van der Waals surface area contributed by atoms with Gasteiger partial charge >= 0.3 is 19.8 Å². The molecule has 59 heavy (non-hydrogen) atoms. The van der Waals surface area contributed by atoms with Gasteiger partial charge in [0, 0.05) is 19.4 Å². The first kappa shape index (κ1) is 57.5. The van der Waals surface area contributed by atoms with Crippen molar-refractivity contribution in [3.8, 4) is 0 Å². The van der Waals surface area contributed by atoms with Gasteiger partial charge in [0.05, 0.1) is 13.2 Å². The summed E-state index contributed by atoms with van der Waals surface area (Å²) in [6, 6.07) is 0. The summed E-state index contributed by atoms with van der Waals surface area (Å²) in [5, 5.41) is 0. The van der Waals surface area contributed by atoms with Crippen LogP contribution in [0.1, 0.15) is 244 Å². The van der Waals surface area contributed by atoms with Crippen molar-refractivity contribution in [2.75, 3.05) is 26.4 Å². The van der Waals surface area contributed by atoms with Gasteiger partial charge in [-0.1, -0.05) is 205 Å². The van der Waals surface area contributed by atoms with Gasteiger partial charge in [0.2, 0.25) is 0 Å². The Hall–Kier alpha value is -1.51. The normalized spacial score (nSPS) is 13.1. The molecule has 0 fully saturated rings. The first-order valence-electron chi connectivity index (χ1n) is 24.8. The van der Waals surface area contributed by atoms with Gasteiger partial charge < -0.3 is 20.1 Å². The Morgan fingerprint density at radius 1 is 0.542 bits per heavy atom. The summed E-state index contributed by atoms with van der Waals surface area (Å²) < 4.78 is 32.8. The lowest BCUT2D eigenvalue weighted by Crippen LogP contribution is -2.29. The molecule has 0 rings (SSSR count). The molecule has 0 bridgehead atoms. The maximum Gasteiger partial charge on any atom is 0.472 e. The lowest BCUT2D eigenvalue weighted by molar-refractivity contribution is -0.161. The van der Waals surface area contributed by atoms with Crippen LogP contribution in [-0.2, 0) is 32.7 Å². The van der Waals surface area contributed by atoms with Crippen molar-refractivity contribution in [2.24, 2.45) is 5.73 Å². The minimum Gasteiger partial charge on any atom is -0.462 e. The topological polar surface area (TPSA) is 134 Å². The molecule has 0 saturated carbocycles. The van der Waals surface area contributed by atoms with Gasteiger partial charge in [-0.2, -0.15) is 0 Å². The zero-order valence-electron chi connectivity index (χ0n) is 38.3. The minimum absolute atomic E-state index is 0.0507. The Kier molecular flexibility index (Phi) is 44.8. The molecule has 0 aromatic rings. The molecule has 1 unspecified atom stereocenters. The number of unbranched alkanes of at least 4 members (excludes halogenated alkanes) is 32. The number of rotatable bonds is 48. The van der Waals surface area contributed by atoms with Crippen molar-refractivity contribution >= 4 is 19.8 Å². The van der Waals surface area contributed by atoms with E-state index in [1.807, 2.05) is 6.08 Å². The Balaban J connectivity index is 4.03. The van der Waals surface area contributed by atoms with Crippen LogP contribution in [0.2, 0.25) is 0 Å². The maximum absolute atomic E-state index is 12.6. The number of carbonyl (C=O) groups is 2. The fraction of sp³-hybridized carbons (Fsp3) is 0.878. The highest BCUT2D eigenvalue weighted by Crippen LogP contribution is 2.43. The second kappa shape index (κ2) is 46.0. The largest absolute Gasteiger partial charge is 0.472 e. The van der Waals surface area contributed by atoms with E-state index < -0.39 is 26.5 Å². The number of nitrogens with two attached hydrogens (primary N) is 1. The van der Waals surface area contributed by atoms with E-state index in [1.54, 1.807) is 0 Å². The number of allylic oxidation sites excluding steroid dienone is 3. The zero-order chi connectivity index (χ0) is 43.2. The number of hydrogen-bond acceptors (Lipinski definition) is 8. The molecule has 0 aromatic carbocycles. The summed E-state index contributed by atoms with van der Waals surface area (Å²) in [5.74, 6) is -0.858. The maximum atomic E-state index is 12.6. The molecule has 0 aliphatic carbocycles. The van der Waals surface area contributed by atoms with E-state index in [-0.39, 0.29) is 38.6 Å². The van der Waals surface area contributed by atoms with Crippen LogP contribution in [0.25, 0.3) is 0 Å². The van der Waals surface area contributed by atoms with Crippen molar-refractivity contribution in [1.82, 2.24) is 0 Å². The predicted molar refractivity (Wildman–Crippen MR) is 247 cm³/mol. The monoisotopic (exact) mass is 856 g/mol. The SMILES string of the molecule is C=CCCCCCCCCCCCCCCCC(=O)OC[C@H](COP(=O)(O)OCCN)OC(=O)CCC/C=C/CCCCCCCCCCCCCCCCCCCC. The number of phosphoric acid groups is 1. The molecule has 0 heterocycles. The van der Waals surface area contributed by atoms with E-state index in [4.69, 9.17) is 24.3 Å². The van der Waals surface area contributed by atoms with Gasteiger partial charge in [-0.25, -0.2) is 4.57 Å². The molecule has 0 spiro atoms. The van der Waals surface area contributed by atoms with Crippen LogP contribution >= 0.6 is 7.82 Å². The lowest BCUT2D eigenvalue weighted by Gasteiger charge is -2.19. The number of esters is 2. The average Bonchev–Trinajstić information content (AvgIpc) is 3.22. The van der Waals surface area contributed by atoms with Crippen molar-refractivity contribution in [2.45, 2.75) is 251 Å². The summed E-state index contributed by atoms with van der Waals surface area (Å²) in [6.07, 6.45) is 49.8. The fourth-order valence-corrected chi connectivity index (χ4v) is 8.03. The van der Waals surface area contributed by atoms with Crippen LogP contribution in [0.5, 0.6) is 0 Å². The smallest absolute Gasteiger partial charge is 0.462 e. The van der Waals surface area contributed by atoms with Gasteiger partial charge in [0.1, 0.15) is 6.61 Å². The van der Waals surface area contributed by atoms with E-state index in [1.165, 1.54) is 180 Å². The van der Waals surface area contributed by atoms with Gasteiger partial charge in [-0.15, -0.1) is 6.58 Å². The zero-order valence-corrected chi connectivity index (χ0v) is 39.2. The highest BCUT2D eigenvalue weighted by molar-refractivity contribution is 7.47. The quantitative estimate of drug-likeness (QED) is 0.0265. The standard InChI is InChI=1S/C49H94NO8P/c1-3-5-7-9-11-13-15-17-19-20-21-22-23-24-25-26-28-30-32-34-36-38-40-42-49(52)58-47(46-57-59(53,54)56-44-43-50)45-55-48(51)41-39-37-35-33-31-29-27-18-16-14-12-10-8-6-4-2/h4,34,36,47H,2-3,5-33,35,37-46,50H2,1H3,(H,53,54)/b36-34+/t47-/m1/s1. The molecular weight excluding hydrogens is 762 g/mol. The van der Waals surface area contributed by atoms with Crippen LogP contribution in [0.3, 0.4) is 0 Å². The molecule has 10 heteroatoms. The number of ether oxygens (including phenoxy) is 2. The van der Waals surface area contributed by atoms with E-state index in [0.717, 1.165) is 38.5 Å². The Morgan fingerprint density at radius 2 is 0.932 bits per heavy atom. The first-order valence-corrected chi connectivity index (χ1v) is 26.3. The molecule has 0 amide bonds. The molecular formula is C49H94NO8P. The van der Waals surface area contributed by atoms with E-state index in [0.29, 0.717) is 6.42 Å². The number of hydrogen-bond donors (Lipinski definition) is 2. The number of phosphoric ester groups is 1. The second-order valence-electron chi connectivity index (χ2n) is 16.8. The highest BCUT2D eigenvalue weighted by Gasteiger charge is 2.26. The summed E-state index contributed by atoms with van der Waals surface area (Å²) in [5.41, 5.74) is 5.36. The second-order valence-corrected chi connectivity index (χ2v) is 18.2. The Labute approximate surface area is 363 Å². The van der Waals surface area contributed by atoms with Crippen LogP contribution in [0, 0.1) is 0 Å². The Morgan fingerprint density at radius 3 is 1.37 bits per heavy atom. The van der Waals surface area contributed by atoms with Crippen molar-refractivity contribution in [3.63, 3.8) is 0 Å². The molecule has 0 saturated heterocycles. The molecule has 0 aliphatic heterocycles. The van der Waals surface area contributed by atoms with Crippen molar-refractivity contribution in [1.29, 1.82) is 0 Å². The molecule has 3 N–H and O–H groups in total. The summed E-state index contributed by atoms with van der Waals surface area (Å²) in [6.45, 7) is 5.26. The molecule has 9 nitrogen and oxygen atoms in total. The fourth-order valence-electron chi connectivity index (χ4n) is 7.27. The van der Waals surface area contributed by atoms with Crippen LogP contribution in [-0.4, -0.2) is 49.3 Å². The molecule has 2 atom stereocenters. The molecule has 0 aliphatic rings. The third kappa shape index (κ3) is 45.8. The van der Waals surface area contributed by atoms with Crippen LogP contribution in [0.4, 0.5) is 0 Å². The molecule has 0 aromatic heterocycles. The van der Waals surface area contributed by atoms with Crippen LogP contribution < -0.4 is 5.73 Å². The summed E-state index contributed by atoms with van der Waals surface area (Å²) >= 11 is 0. The van der Waals surface area contributed by atoms with Gasteiger partial charge in [-0.3, -0.25) is 18.6 Å². The van der Waals surface area contributed by atoms with Gasteiger partial charge in [0.25, 0.3) is 0 Å².